The van der Waals surface area contributed by atoms with Crippen molar-refractivity contribution in [3.63, 3.8) is 0 Å². The number of carbonyl (C=O) groups excluding carboxylic acids is 1. The molecule has 1 heterocycles. The molecule has 0 saturated heterocycles. The van der Waals surface area contributed by atoms with Crippen LogP contribution >= 0.6 is 19.6 Å². The first-order chi connectivity index (χ1) is 9.42. The van der Waals surface area contributed by atoms with Gasteiger partial charge in [0.1, 0.15) is 17.2 Å². The SMILES string of the molecule is O=Cc1ccc2sc(S(=O)(=O)NCO[PH](=O)O)cc2c1. The summed E-state index contributed by atoms with van der Waals surface area (Å²) in [5.41, 5.74) is 0.453. The van der Waals surface area contributed by atoms with E-state index in [1.807, 2.05) is 0 Å². The number of aldehydes is 1. The summed E-state index contributed by atoms with van der Waals surface area (Å²) < 4.78 is 41.2. The van der Waals surface area contributed by atoms with Gasteiger partial charge in [-0.2, -0.15) is 4.72 Å². The molecule has 0 aliphatic carbocycles. The standard InChI is InChI=1S/C10H10NO6PS2/c12-5-7-1-2-9-8(3-7)4-10(19-9)20(15,16)11-6-17-18(13)14/h1-5,11,18H,6H2,(H,13,14). The van der Waals surface area contributed by atoms with Crippen molar-refractivity contribution in [3.8, 4) is 0 Å². The minimum atomic E-state index is -3.82. The maximum absolute atomic E-state index is 11.9. The van der Waals surface area contributed by atoms with Crippen molar-refractivity contribution in [2.45, 2.75) is 4.21 Å². The van der Waals surface area contributed by atoms with E-state index < -0.39 is 25.0 Å². The van der Waals surface area contributed by atoms with Crippen molar-refractivity contribution >= 4 is 46.0 Å². The molecule has 1 aromatic heterocycles. The topological polar surface area (TPSA) is 110 Å². The quantitative estimate of drug-likeness (QED) is 0.468. The molecule has 0 radical (unpaired) electrons. The molecule has 2 N–H and O–H groups in total. The highest BCUT2D eigenvalue weighted by Crippen LogP contribution is 2.29. The van der Waals surface area contributed by atoms with E-state index in [0.29, 0.717) is 21.9 Å². The van der Waals surface area contributed by atoms with Gasteiger partial charge >= 0.3 is 8.25 Å². The fraction of sp³-hybridized carbons (Fsp3) is 0.100. The lowest BCUT2D eigenvalue weighted by atomic mass is 10.2. The van der Waals surface area contributed by atoms with Crippen LogP contribution in [0, 0.1) is 0 Å². The molecule has 20 heavy (non-hydrogen) atoms. The molecular weight excluding hydrogens is 325 g/mol. The Morgan fingerprint density at radius 2 is 2.15 bits per heavy atom. The van der Waals surface area contributed by atoms with Gasteiger partial charge in [0.25, 0.3) is 10.0 Å². The second-order valence-corrected chi connectivity index (χ2v) is 7.58. The monoisotopic (exact) mass is 335 g/mol. The molecule has 0 amide bonds. The van der Waals surface area contributed by atoms with E-state index in [4.69, 9.17) is 4.89 Å². The predicted molar refractivity (Wildman–Crippen MR) is 74.7 cm³/mol. The van der Waals surface area contributed by atoms with E-state index in [0.717, 1.165) is 11.3 Å². The molecule has 0 aliphatic rings. The van der Waals surface area contributed by atoms with E-state index in [-0.39, 0.29) is 4.21 Å². The summed E-state index contributed by atoms with van der Waals surface area (Å²) in [6.07, 6.45) is 0.677. The molecule has 108 valence electrons. The normalized spacial score (nSPS) is 13.4. The Kier molecular flexibility index (Phi) is 4.69. The number of carbonyl (C=O) groups is 1. The summed E-state index contributed by atoms with van der Waals surface area (Å²) in [6.45, 7) is -0.579. The summed E-state index contributed by atoms with van der Waals surface area (Å²) in [7, 11) is -7.00. The van der Waals surface area contributed by atoms with Crippen molar-refractivity contribution in [2.75, 3.05) is 6.73 Å². The van der Waals surface area contributed by atoms with E-state index in [2.05, 4.69) is 9.25 Å². The van der Waals surface area contributed by atoms with Crippen molar-refractivity contribution in [1.29, 1.82) is 0 Å². The number of benzene rings is 1. The molecule has 0 aliphatic heterocycles. The Morgan fingerprint density at radius 1 is 1.40 bits per heavy atom. The van der Waals surface area contributed by atoms with Crippen LogP contribution in [0.5, 0.6) is 0 Å². The number of hydrogen-bond donors (Lipinski definition) is 2. The largest absolute Gasteiger partial charge is 0.326 e. The molecule has 0 bridgehead atoms. The smallest absolute Gasteiger partial charge is 0.317 e. The Hall–Kier alpha value is -1.09. The lowest BCUT2D eigenvalue weighted by Gasteiger charge is -2.02. The Labute approximate surface area is 119 Å². The molecule has 1 atom stereocenters. The van der Waals surface area contributed by atoms with Gasteiger partial charge in [-0.3, -0.25) is 13.9 Å². The van der Waals surface area contributed by atoms with Gasteiger partial charge in [0, 0.05) is 10.3 Å². The molecule has 1 aromatic carbocycles. The van der Waals surface area contributed by atoms with Crippen LogP contribution in [0.25, 0.3) is 10.1 Å². The van der Waals surface area contributed by atoms with Crippen LogP contribution in [0.15, 0.2) is 28.5 Å². The Morgan fingerprint density at radius 3 is 2.80 bits per heavy atom. The van der Waals surface area contributed by atoms with Crippen molar-refractivity contribution in [3.05, 3.63) is 29.8 Å². The van der Waals surface area contributed by atoms with Crippen molar-refractivity contribution < 1.29 is 27.2 Å². The molecule has 0 fully saturated rings. The first kappa shape index (κ1) is 15.3. The minimum absolute atomic E-state index is 0.0387. The van der Waals surface area contributed by atoms with Crippen molar-refractivity contribution in [2.24, 2.45) is 0 Å². The van der Waals surface area contributed by atoms with E-state index >= 15 is 0 Å². The molecule has 2 rings (SSSR count). The third kappa shape index (κ3) is 3.51. The summed E-state index contributed by atoms with van der Waals surface area (Å²) in [6, 6.07) is 6.26. The third-order valence-electron chi connectivity index (χ3n) is 2.36. The van der Waals surface area contributed by atoms with Crippen LogP contribution < -0.4 is 4.72 Å². The predicted octanol–water partition coefficient (Wildman–Crippen LogP) is 1.35. The lowest BCUT2D eigenvalue weighted by molar-refractivity contribution is 0.112. The second-order valence-electron chi connectivity index (χ2n) is 3.68. The van der Waals surface area contributed by atoms with Gasteiger partial charge in [-0.15, -0.1) is 11.3 Å². The highest BCUT2D eigenvalue weighted by atomic mass is 32.2. The zero-order valence-corrected chi connectivity index (χ0v) is 12.5. The van der Waals surface area contributed by atoms with Crippen LogP contribution in [0.1, 0.15) is 10.4 Å². The average molecular weight is 335 g/mol. The second kappa shape index (κ2) is 6.13. The molecule has 0 spiro atoms. The number of rotatable bonds is 6. The van der Waals surface area contributed by atoms with Gasteiger partial charge in [0.15, 0.2) is 0 Å². The van der Waals surface area contributed by atoms with E-state index in [9.17, 15) is 17.8 Å². The number of nitrogens with one attached hydrogen (secondary N) is 1. The van der Waals surface area contributed by atoms with Crippen LogP contribution in [0.4, 0.5) is 0 Å². The molecule has 1 unspecified atom stereocenters. The highest BCUT2D eigenvalue weighted by Gasteiger charge is 2.17. The fourth-order valence-electron chi connectivity index (χ4n) is 1.48. The zero-order valence-electron chi connectivity index (χ0n) is 9.90. The molecule has 2 aromatic rings. The maximum Gasteiger partial charge on any atom is 0.317 e. The molecular formula is C10H10NO6PS2. The zero-order chi connectivity index (χ0) is 14.8. The molecule has 7 nitrogen and oxygen atoms in total. The van der Waals surface area contributed by atoms with E-state index in [1.54, 1.807) is 18.2 Å². The summed E-state index contributed by atoms with van der Waals surface area (Å²) in [5, 5.41) is 0.636. The maximum atomic E-state index is 11.9. The molecule has 0 saturated carbocycles. The number of hydrogen-bond acceptors (Lipinski definition) is 6. The van der Waals surface area contributed by atoms with Gasteiger partial charge in [-0.25, -0.2) is 8.42 Å². The fourth-order valence-corrected chi connectivity index (χ4v) is 4.08. The van der Waals surface area contributed by atoms with Gasteiger partial charge < -0.3 is 4.89 Å². The highest BCUT2D eigenvalue weighted by molar-refractivity contribution is 7.91. The van der Waals surface area contributed by atoms with Gasteiger partial charge in [0.05, 0.1) is 0 Å². The van der Waals surface area contributed by atoms with Crippen LogP contribution in [0.2, 0.25) is 0 Å². The first-order valence-electron chi connectivity index (χ1n) is 5.26. The lowest BCUT2D eigenvalue weighted by Crippen LogP contribution is -2.24. The summed E-state index contributed by atoms with van der Waals surface area (Å²) in [4.78, 5) is 19.1. The van der Waals surface area contributed by atoms with Crippen molar-refractivity contribution in [1.82, 2.24) is 4.72 Å². The van der Waals surface area contributed by atoms with Gasteiger partial charge in [-0.05, 0) is 23.6 Å². The number of thiophene rings is 1. The van der Waals surface area contributed by atoms with Crippen LogP contribution in [0.3, 0.4) is 0 Å². The number of sulfonamides is 1. The Bertz CT molecular complexity index is 769. The van der Waals surface area contributed by atoms with Crippen LogP contribution in [-0.4, -0.2) is 26.3 Å². The average Bonchev–Trinajstić information content (AvgIpc) is 2.81. The minimum Gasteiger partial charge on any atom is -0.326 e. The summed E-state index contributed by atoms with van der Waals surface area (Å²) >= 11 is 1.03. The number of fused-ring (bicyclic) bond motifs is 1. The molecule has 10 heteroatoms. The van der Waals surface area contributed by atoms with Crippen LogP contribution in [-0.2, 0) is 19.1 Å². The summed E-state index contributed by atoms with van der Waals surface area (Å²) in [5.74, 6) is 0. The van der Waals surface area contributed by atoms with Gasteiger partial charge in [0.2, 0.25) is 0 Å². The third-order valence-corrected chi connectivity index (χ3v) is 5.72. The first-order valence-corrected chi connectivity index (χ1v) is 8.83. The van der Waals surface area contributed by atoms with Gasteiger partial charge in [-0.1, -0.05) is 6.07 Å². The Balaban J connectivity index is 2.27. The van der Waals surface area contributed by atoms with E-state index in [1.165, 1.54) is 6.07 Å².